The van der Waals surface area contributed by atoms with Crippen molar-refractivity contribution in [2.45, 2.75) is 5.54 Å². The topological polar surface area (TPSA) is 101 Å². The Kier molecular flexibility index (Phi) is 2.53. The lowest BCUT2D eigenvalue weighted by Crippen LogP contribution is -2.51. The standard InChI is InChI=1S/C9H8NO4/c10-9(7(11)12,8(13)14)6-4-2-1-3-5-6/h1-2,4-5H,10H2,(H,11,12)(H,13,14). The maximum Gasteiger partial charge on any atom is 0.340 e. The number of rotatable bonds is 3. The summed E-state index contributed by atoms with van der Waals surface area (Å²) in [4.78, 5) is 21.5. The number of hydrogen-bond acceptors (Lipinski definition) is 3. The minimum absolute atomic E-state index is 0.0139. The van der Waals surface area contributed by atoms with E-state index in [0.29, 0.717) is 0 Å². The molecule has 0 amide bonds. The largest absolute Gasteiger partial charge is 0.479 e. The van der Waals surface area contributed by atoms with Crippen LogP contribution >= 0.6 is 0 Å². The number of nitrogens with two attached hydrogens (primary N) is 1. The van der Waals surface area contributed by atoms with Gasteiger partial charge in [-0.1, -0.05) is 18.2 Å². The van der Waals surface area contributed by atoms with Crippen molar-refractivity contribution in [2.24, 2.45) is 5.73 Å². The Labute approximate surface area is 79.8 Å². The number of benzene rings is 1. The van der Waals surface area contributed by atoms with Crippen molar-refractivity contribution in [1.82, 2.24) is 0 Å². The van der Waals surface area contributed by atoms with Crippen LogP contribution in [-0.4, -0.2) is 22.2 Å². The van der Waals surface area contributed by atoms with Gasteiger partial charge in [0.15, 0.2) is 0 Å². The van der Waals surface area contributed by atoms with Crippen molar-refractivity contribution in [3.05, 3.63) is 35.9 Å². The third-order valence-electron chi connectivity index (χ3n) is 1.84. The van der Waals surface area contributed by atoms with E-state index in [-0.39, 0.29) is 5.56 Å². The van der Waals surface area contributed by atoms with Crippen LogP contribution in [0, 0.1) is 6.07 Å². The third kappa shape index (κ3) is 1.45. The van der Waals surface area contributed by atoms with Crippen molar-refractivity contribution in [2.75, 3.05) is 0 Å². The lowest BCUT2D eigenvalue weighted by Gasteiger charge is -2.19. The van der Waals surface area contributed by atoms with Crippen LogP contribution in [-0.2, 0) is 15.1 Å². The fourth-order valence-electron chi connectivity index (χ4n) is 0.977. The summed E-state index contributed by atoms with van der Waals surface area (Å²) in [6, 6.07) is 8.14. The molecular weight excluding hydrogens is 186 g/mol. The average Bonchev–Trinajstić information content (AvgIpc) is 2.17. The highest BCUT2D eigenvalue weighted by Crippen LogP contribution is 2.18. The smallest absolute Gasteiger partial charge is 0.340 e. The fraction of sp³-hybridized carbons (Fsp3) is 0.111. The number of carbonyl (C=O) groups is 2. The molecule has 0 aliphatic carbocycles. The number of hydrogen-bond donors (Lipinski definition) is 3. The fourth-order valence-corrected chi connectivity index (χ4v) is 0.977. The van der Waals surface area contributed by atoms with Crippen molar-refractivity contribution in [3.63, 3.8) is 0 Å². The maximum atomic E-state index is 10.7. The van der Waals surface area contributed by atoms with Crippen LogP contribution in [0.2, 0.25) is 0 Å². The number of carboxylic acid groups (broad SMARTS) is 2. The first-order chi connectivity index (χ1) is 6.49. The van der Waals surface area contributed by atoms with Gasteiger partial charge in [-0.15, -0.1) is 0 Å². The average molecular weight is 194 g/mol. The highest BCUT2D eigenvalue weighted by Gasteiger charge is 2.44. The summed E-state index contributed by atoms with van der Waals surface area (Å²) in [6.45, 7) is 0. The van der Waals surface area contributed by atoms with E-state index < -0.39 is 17.5 Å². The van der Waals surface area contributed by atoms with E-state index in [1.165, 1.54) is 24.3 Å². The Morgan fingerprint density at radius 1 is 1.36 bits per heavy atom. The summed E-state index contributed by atoms with van der Waals surface area (Å²) in [5, 5.41) is 17.5. The van der Waals surface area contributed by atoms with E-state index in [2.05, 4.69) is 6.07 Å². The van der Waals surface area contributed by atoms with E-state index in [9.17, 15) is 9.59 Å². The molecule has 14 heavy (non-hydrogen) atoms. The van der Waals surface area contributed by atoms with Crippen LogP contribution in [0.4, 0.5) is 0 Å². The van der Waals surface area contributed by atoms with Gasteiger partial charge in [-0.05, 0) is 17.7 Å². The molecule has 0 aliphatic rings. The lowest BCUT2D eigenvalue weighted by molar-refractivity contribution is -0.157. The summed E-state index contributed by atoms with van der Waals surface area (Å²) in [6.07, 6.45) is 0. The Hall–Kier alpha value is -1.88. The first-order valence-electron chi connectivity index (χ1n) is 3.72. The van der Waals surface area contributed by atoms with Crippen molar-refractivity contribution >= 4 is 11.9 Å². The second-order valence-corrected chi connectivity index (χ2v) is 2.71. The molecule has 4 N–H and O–H groups in total. The van der Waals surface area contributed by atoms with Crippen LogP contribution in [0.1, 0.15) is 5.56 Å². The first kappa shape index (κ1) is 10.2. The Bertz CT molecular complexity index is 346. The molecule has 0 spiro atoms. The Morgan fingerprint density at radius 3 is 2.29 bits per heavy atom. The maximum absolute atomic E-state index is 10.7. The summed E-state index contributed by atoms with van der Waals surface area (Å²) in [5.41, 5.74) is 2.87. The zero-order chi connectivity index (χ0) is 10.8. The second-order valence-electron chi connectivity index (χ2n) is 2.71. The monoisotopic (exact) mass is 194 g/mol. The zero-order valence-electron chi connectivity index (χ0n) is 7.10. The molecule has 0 saturated carbocycles. The van der Waals surface area contributed by atoms with Gasteiger partial charge in [0.05, 0.1) is 0 Å². The SMILES string of the molecule is NC(C(=O)O)(C(=O)O)c1c[c]ccc1. The molecule has 0 aromatic heterocycles. The van der Waals surface area contributed by atoms with Crippen molar-refractivity contribution < 1.29 is 19.8 Å². The lowest BCUT2D eigenvalue weighted by atomic mass is 9.91. The molecule has 0 bridgehead atoms. The molecule has 5 heteroatoms. The van der Waals surface area contributed by atoms with Gasteiger partial charge in [-0.2, -0.15) is 0 Å². The molecule has 0 saturated heterocycles. The van der Waals surface area contributed by atoms with Gasteiger partial charge in [0, 0.05) is 0 Å². The van der Waals surface area contributed by atoms with Gasteiger partial charge in [0.2, 0.25) is 5.54 Å². The van der Waals surface area contributed by atoms with Crippen molar-refractivity contribution in [3.8, 4) is 0 Å². The molecular formula is C9H8NO4. The minimum atomic E-state index is -2.40. The second kappa shape index (κ2) is 3.47. The molecule has 1 aromatic rings. The van der Waals surface area contributed by atoms with Crippen LogP contribution in [0.5, 0.6) is 0 Å². The molecule has 0 atom stereocenters. The van der Waals surface area contributed by atoms with E-state index >= 15 is 0 Å². The van der Waals surface area contributed by atoms with Crippen LogP contribution in [0.25, 0.3) is 0 Å². The third-order valence-corrected chi connectivity index (χ3v) is 1.84. The van der Waals surface area contributed by atoms with Gasteiger partial charge in [0.25, 0.3) is 0 Å². The summed E-state index contributed by atoms with van der Waals surface area (Å²) in [7, 11) is 0. The van der Waals surface area contributed by atoms with Crippen LogP contribution < -0.4 is 5.73 Å². The van der Waals surface area contributed by atoms with E-state index in [1.807, 2.05) is 0 Å². The van der Waals surface area contributed by atoms with Gasteiger partial charge in [-0.3, -0.25) is 0 Å². The predicted molar refractivity (Wildman–Crippen MR) is 46.4 cm³/mol. The van der Waals surface area contributed by atoms with Crippen LogP contribution in [0.15, 0.2) is 24.3 Å². The van der Waals surface area contributed by atoms with Gasteiger partial charge >= 0.3 is 11.9 Å². The highest BCUT2D eigenvalue weighted by molar-refractivity contribution is 6.03. The zero-order valence-corrected chi connectivity index (χ0v) is 7.10. The molecule has 0 unspecified atom stereocenters. The van der Waals surface area contributed by atoms with Gasteiger partial charge < -0.3 is 15.9 Å². The van der Waals surface area contributed by atoms with Gasteiger partial charge in [-0.25, -0.2) is 9.59 Å². The first-order valence-corrected chi connectivity index (χ1v) is 3.72. The number of carboxylic acids is 2. The molecule has 0 aliphatic heterocycles. The Balaban J connectivity index is 3.27. The highest BCUT2D eigenvalue weighted by atomic mass is 16.4. The molecule has 1 radical (unpaired) electrons. The quantitative estimate of drug-likeness (QED) is 0.579. The molecule has 1 aromatic carbocycles. The molecule has 73 valence electrons. The normalized spacial score (nSPS) is 10.9. The summed E-state index contributed by atoms with van der Waals surface area (Å²) >= 11 is 0. The summed E-state index contributed by atoms with van der Waals surface area (Å²) < 4.78 is 0. The number of aliphatic carboxylic acids is 2. The van der Waals surface area contributed by atoms with Gasteiger partial charge in [0.1, 0.15) is 0 Å². The van der Waals surface area contributed by atoms with Crippen molar-refractivity contribution in [1.29, 1.82) is 0 Å². The van der Waals surface area contributed by atoms with Crippen LogP contribution in [0.3, 0.4) is 0 Å². The van der Waals surface area contributed by atoms with E-state index in [4.69, 9.17) is 15.9 Å². The Morgan fingerprint density at radius 2 is 1.93 bits per heavy atom. The molecule has 0 fully saturated rings. The molecule has 0 heterocycles. The minimum Gasteiger partial charge on any atom is -0.479 e. The molecule has 1 rings (SSSR count). The molecule has 5 nitrogen and oxygen atoms in total. The van der Waals surface area contributed by atoms with E-state index in [0.717, 1.165) is 0 Å². The predicted octanol–water partition coefficient (Wildman–Crippen LogP) is -0.190. The summed E-state index contributed by atoms with van der Waals surface area (Å²) in [5.74, 6) is -3.21. The van der Waals surface area contributed by atoms with E-state index in [1.54, 1.807) is 0 Å².